The van der Waals surface area contributed by atoms with Crippen molar-refractivity contribution in [2.45, 2.75) is 40.0 Å². The van der Waals surface area contributed by atoms with Gasteiger partial charge < -0.3 is 19.5 Å². The molecule has 0 aliphatic rings. The second-order valence-electron chi connectivity index (χ2n) is 6.47. The maximum atomic E-state index is 12.2. The van der Waals surface area contributed by atoms with Crippen molar-refractivity contribution >= 4 is 17.7 Å². The molecule has 0 atom stereocenters. The van der Waals surface area contributed by atoms with Gasteiger partial charge in [0.15, 0.2) is 11.5 Å². The van der Waals surface area contributed by atoms with Gasteiger partial charge in [-0.15, -0.1) is 0 Å². The van der Waals surface area contributed by atoms with E-state index in [0.717, 1.165) is 23.4 Å². The Balaban J connectivity index is 1.91. The zero-order chi connectivity index (χ0) is 20.9. The molecule has 0 saturated heterocycles. The number of rotatable bonds is 12. The number of unbranched alkanes of at least 4 members (excludes halogenated alkanes) is 2. The van der Waals surface area contributed by atoms with E-state index < -0.39 is 0 Å². The summed E-state index contributed by atoms with van der Waals surface area (Å²) in [7, 11) is 0. The van der Waals surface area contributed by atoms with Crippen LogP contribution >= 0.6 is 0 Å². The van der Waals surface area contributed by atoms with E-state index >= 15 is 0 Å². The fourth-order valence-corrected chi connectivity index (χ4v) is 2.70. The zero-order valence-electron chi connectivity index (χ0n) is 17.6. The molecule has 2 aromatic carbocycles. The molecular weight excluding hydrogens is 366 g/mol. The van der Waals surface area contributed by atoms with Crippen molar-refractivity contribution in [3.63, 3.8) is 0 Å². The molecule has 2 rings (SSSR count). The summed E-state index contributed by atoms with van der Waals surface area (Å²) in [5, 5.41) is 2.85. The van der Waals surface area contributed by atoms with Crippen LogP contribution in [0, 0.1) is 0 Å². The molecule has 0 aliphatic heterocycles. The minimum absolute atomic E-state index is 0.201. The largest absolute Gasteiger partial charge is 0.494 e. The lowest BCUT2D eigenvalue weighted by Gasteiger charge is -2.11. The molecule has 29 heavy (non-hydrogen) atoms. The maximum absolute atomic E-state index is 12.2. The van der Waals surface area contributed by atoms with Gasteiger partial charge in [0, 0.05) is 11.8 Å². The van der Waals surface area contributed by atoms with E-state index in [-0.39, 0.29) is 5.91 Å². The number of anilines is 1. The number of benzene rings is 2. The van der Waals surface area contributed by atoms with E-state index in [4.69, 9.17) is 14.2 Å². The topological polar surface area (TPSA) is 56.8 Å². The molecule has 0 aromatic heterocycles. The Kier molecular flexibility index (Phi) is 9.63. The summed E-state index contributed by atoms with van der Waals surface area (Å²) >= 11 is 0. The highest BCUT2D eigenvalue weighted by molar-refractivity contribution is 6.01. The average molecular weight is 398 g/mol. The van der Waals surface area contributed by atoms with Gasteiger partial charge in [-0.3, -0.25) is 4.79 Å². The van der Waals surface area contributed by atoms with Crippen LogP contribution in [0.3, 0.4) is 0 Å². The molecule has 1 amide bonds. The van der Waals surface area contributed by atoms with Crippen molar-refractivity contribution in [3.8, 4) is 17.2 Å². The highest BCUT2D eigenvalue weighted by Crippen LogP contribution is 2.29. The first kappa shape index (κ1) is 22.3. The Labute approximate surface area is 173 Å². The van der Waals surface area contributed by atoms with E-state index in [0.29, 0.717) is 31.3 Å². The summed E-state index contributed by atoms with van der Waals surface area (Å²) in [6.07, 6.45) is 6.64. The minimum Gasteiger partial charge on any atom is -0.494 e. The maximum Gasteiger partial charge on any atom is 0.248 e. The molecule has 0 saturated carbocycles. The van der Waals surface area contributed by atoms with E-state index in [1.54, 1.807) is 6.08 Å². The van der Waals surface area contributed by atoms with Gasteiger partial charge in [-0.2, -0.15) is 0 Å². The van der Waals surface area contributed by atoms with Crippen molar-refractivity contribution in [3.05, 3.63) is 54.1 Å². The van der Waals surface area contributed by atoms with Crippen LogP contribution in [-0.4, -0.2) is 25.7 Å². The van der Waals surface area contributed by atoms with Crippen molar-refractivity contribution in [1.82, 2.24) is 0 Å². The molecular formula is C24H31NO4. The summed E-state index contributed by atoms with van der Waals surface area (Å²) in [6.45, 7) is 7.85. The second kappa shape index (κ2) is 12.5. The van der Waals surface area contributed by atoms with Crippen molar-refractivity contribution < 1.29 is 19.0 Å². The average Bonchev–Trinajstić information content (AvgIpc) is 2.73. The molecule has 5 nitrogen and oxygen atoms in total. The van der Waals surface area contributed by atoms with Gasteiger partial charge in [0.05, 0.1) is 19.8 Å². The van der Waals surface area contributed by atoms with Crippen LogP contribution in [0.2, 0.25) is 0 Å². The predicted molar refractivity (Wildman–Crippen MR) is 118 cm³/mol. The van der Waals surface area contributed by atoms with Gasteiger partial charge in [-0.1, -0.05) is 25.8 Å². The Morgan fingerprint density at radius 2 is 1.62 bits per heavy atom. The highest BCUT2D eigenvalue weighted by Gasteiger charge is 2.05. The molecule has 0 unspecified atom stereocenters. The number of hydrogen-bond acceptors (Lipinski definition) is 4. The Morgan fingerprint density at radius 1 is 0.897 bits per heavy atom. The van der Waals surface area contributed by atoms with Crippen LogP contribution in [0.25, 0.3) is 6.08 Å². The molecule has 2 aromatic rings. The SMILES string of the molecule is CCCCCOc1ccc(NC(=O)/C=C/c2ccc(OCC)c(OCC)c2)cc1. The van der Waals surface area contributed by atoms with Crippen molar-refractivity contribution in [2.24, 2.45) is 0 Å². The standard InChI is InChI=1S/C24H31NO4/c1-4-7-8-17-29-21-13-11-20(12-14-21)25-24(26)16-10-19-9-15-22(27-5-2)23(18-19)28-6-3/h9-16,18H,4-8,17H2,1-3H3,(H,25,26)/b16-10+. The number of carbonyl (C=O) groups excluding carboxylic acids is 1. The summed E-state index contributed by atoms with van der Waals surface area (Å²) in [4.78, 5) is 12.2. The Hall–Kier alpha value is -2.95. The number of ether oxygens (including phenoxy) is 3. The molecule has 0 bridgehead atoms. The number of carbonyl (C=O) groups is 1. The normalized spacial score (nSPS) is 10.7. The summed E-state index contributed by atoms with van der Waals surface area (Å²) < 4.78 is 16.9. The molecule has 0 spiro atoms. The van der Waals surface area contributed by atoms with E-state index in [1.165, 1.54) is 18.9 Å². The smallest absolute Gasteiger partial charge is 0.248 e. The van der Waals surface area contributed by atoms with Crippen LogP contribution in [0.5, 0.6) is 17.2 Å². The van der Waals surface area contributed by atoms with Gasteiger partial charge >= 0.3 is 0 Å². The fourth-order valence-electron chi connectivity index (χ4n) is 2.70. The molecule has 156 valence electrons. The van der Waals surface area contributed by atoms with Crippen LogP contribution in [0.1, 0.15) is 45.6 Å². The van der Waals surface area contributed by atoms with Gasteiger partial charge in [-0.25, -0.2) is 0 Å². The third kappa shape index (κ3) is 7.90. The monoisotopic (exact) mass is 397 g/mol. The van der Waals surface area contributed by atoms with E-state index in [2.05, 4.69) is 12.2 Å². The van der Waals surface area contributed by atoms with Gasteiger partial charge in [0.2, 0.25) is 5.91 Å². The number of nitrogens with one attached hydrogen (secondary N) is 1. The lowest BCUT2D eigenvalue weighted by molar-refractivity contribution is -0.111. The quantitative estimate of drug-likeness (QED) is 0.368. The molecule has 0 radical (unpaired) electrons. The lowest BCUT2D eigenvalue weighted by atomic mass is 10.2. The first-order valence-corrected chi connectivity index (χ1v) is 10.3. The van der Waals surface area contributed by atoms with Crippen LogP contribution in [-0.2, 0) is 4.79 Å². The van der Waals surface area contributed by atoms with Crippen LogP contribution in [0.15, 0.2) is 48.5 Å². The summed E-state index contributed by atoms with van der Waals surface area (Å²) in [5.41, 5.74) is 1.59. The number of amides is 1. The highest BCUT2D eigenvalue weighted by atomic mass is 16.5. The predicted octanol–water partition coefficient (Wildman–Crippen LogP) is 5.70. The first-order chi connectivity index (χ1) is 14.2. The van der Waals surface area contributed by atoms with Crippen LogP contribution in [0.4, 0.5) is 5.69 Å². The van der Waals surface area contributed by atoms with Gasteiger partial charge in [0.1, 0.15) is 5.75 Å². The van der Waals surface area contributed by atoms with Gasteiger partial charge in [0.25, 0.3) is 0 Å². The lowest BCUT2D eigenvalue weighted by Crippen LogP contribution is -2.07. The third-order valence-electron chi connectivity index (χ3n) is 4.13. The zero-order valence-corrected chi connectivity index (χ0v) is 17.6. The Morgan fingerprint density at radius 3 is 2.31 bits per heavy atom. The number of hydrogen-bond donors (Lipinski definition) is 1. The van der Waals surface area contributed by atoms with Gasteiger partial charge in [-0.05, 0) is 68.3 Å². The van der Waals surface area contributed by atoms with Crippen molar-refractivity contribution in [2.75, 3.05) is 25.1 Å². The summed E-state index contributed by atoms with van der Waals surface area (Å²) in [5.74, 6) is 1.99. The molecule has 1 N–H and O–H groups in total. The molecule has 0 heterocycles. The minimum atomic E-state index is -0.201. The second-order valence-corrected chi connectivity index (χ2v) is 6.47. The fraction of sp³-hybridized carbons (Fsp3) is 0.375. The molecule has 0 aliphatic carbocycles. The first-order valence-electron chi connectivity index (χ1n) is 10.3. The van der Waals surface area contributed by atoms with Crippen molar-refractivity contribution in [1.29, 1.82) is 0 Å². The summed E-state index contributed by atoms with van der Waals surface area (Å²) in [6, 6.07) is 13.0. The van der Waals surface area contributed by atoms with E-state index in [9.17, 15) is 4.79 Å². The molecule has 0 fully saturated rings. The van der Waals surface area contributed by atoms with Crippen LogP contribution < -0.4 is 19.5 Å². The van der Waals surface area contributed by atoms with E-state index in [1.807, 2.05) is 56.3 Å². The molecule has 5 heteroatoms. The third-order valence-corrected chi connectivity index (χ3v) is 4.13. The Bertz CT molecular complexity index is 784.